The van der Waals surface area contributed by atoms with E-state index in [0.29, 0.717) is 11.8 Å². The fourth-order valence-electron chi connectivity index (χ4n) is 4.58. The van der Waals surface area contributed by atoms with Crippen LogP contribution in [-0.2, 0) is 0 Å². The average Bonchev–Trinajstić information content (AvgIpc) is 3.15. The molecular formula is C15H23N3O. The molecule has 3 aliphatic rings. The lowest BCUT2D eigenvalue weighted by Gasteiger charge is -2.25. The van der Waals surface area contributed by atoms with E-state index in [1.807, 2.05) is 0 Å². The summed E-state index contributed by atoms with van der Waals surface area (Å²) in [5.74, 6) is 4.39. The van der Waals surface area contributed by atoms with Crippen molar-refractivity contribution in [3.05, 3.63) is 11.7 Å². The maximum Gasteiger partial charge on any atom is 0.231 e. The van der Waals surface area contributed by atoms with Crippen LogP contribution in [0.1, 0.15) is 74.9 Å². The minimum Gasteiger partial charge on any atom is -0.339 e. The van der Waals surface area contributed by atoms with Crippen LogP contribution in [0.3, 0.4) is 0 Å². The molecule has 104 valence electrons. The van der Waals surface area contributed by atoms with Gasteiger partial charge in [0.25, 0.3) is 0 Å². The number of hydrogen-bond donors (Lipinski definition) is 1. The molecular weight excluding hydrogens is 238 g/mol. The molecule has 2 bridgehead atoms. The Hall–Kier alpha value is -0.900. The molecule has 3 fully saturated rings. The van der Waals surface area contributed by atoms with Gasteiger partial charge in [-0.05, 0) is 43.9 Å². The highest BCUT2D eigenvalue weighted by Gasteiger charge is 2.42. The second-order valence-electron chi connectivity index (χ2n) is 6.83. The zero-order chi connectivity index (χ0) is 12.8. The van der Waals surface area contributed by atoms with Crippen LogP contribution in [-0.4, -0.2) is 16.2 Å². The minimum absolute atomic E-state index is 0.210. The predicted molar refractivity (Wildman–Crippen MR) is 71.7 cm³/mol. The predicted octanol–water partition coefficient (Wildman–Crippen LogP) is 2.96. The van der Waals surface area contributed by atoms with Gasteiger partial charge in [-0.3, -0.25) is 0 Å². The van der Waals surface area contributed by atoms with Crippen molar-refractivity contribution in [2.45, 2.75) is 69.2 Å². The second kappa shape index (κ2) is 4.58. The highest BCUT2D eigenvalue weighted by molar-refractivity contribution is 5.09. The van der Waals surface area contributed by atoms with Crippen LogP contribution >= 0.6 is 0 Å². The molecule has 1 aromatic heterocycles. The van der Waals surface area contributed by atoms with Gasteiger partial charge in [-0.1, -0.05) is 24.4 Å². The van der Waals surface area contributed by atoms with Crippen LogP contribution in [0.5, 0.6) is 0 Å². The number of nitrogens with two attached hydrogens (primary N) is 1. The summed E-state index contributed by atoms with van der Waals surface area (Å²) in [7, 11) is 0. The monoisotopic (exact) mass is 261 g/mol. The van der Waals surface area contributed by atoms with Crippen molar-refractivity contribution < 1.29 is 4.52 Å². The van der Waals surface area contributed by atoms with E-state index in [0.717, 1.165) is 36.4 Å². The Kier molecular flexibility index (Phi) is 2.87. The van der Waals surface area contributed by atoms with E-state index >= 15 is 0 Å². The molecule has 19 heavy (non-hydrogen) atoms. The molecule has 0 aliphatic heterocycles. The fraction of sp³-hybridized carbons (Fsp3) is 0.867. The van der Waals surface area contributed by atoms with Crippen molar-refractivity contribution in [3.63, 3.8) is 0 Å². The summed E-state index contributed by atoms with van der Waals surface area (Å²) in [5.41, 5.74) is 6.21. The van der Waals surface area contributed by atoms with Gasteiger partial charge in [-0.25, -0.2) is 0 Å². The molecule has 3 saturated carbocycles. The van der Waals surface area contributed by atoms with E-state index in [2.05, 4.69) is 5.16 Å². The maximum atomic E-state index is 6.21. The Morgan fingerprint density at radius 2 is 1.89 bits per heavy atom. The van der Waals surface area contributed by atoms with Gasteiger partial charge in [0.05, 0.1) is 5.92 Å². The number of nitrogens with zero attached hydrogens (tertiary/aromatic N) is 2. The molecule has 4 nitrogen and oxygen atoms in total. The lowest BCUT2D eigenvalue weighted by molar-refractivity contribution is 0.287. The molecule has 0 saturated heterocycles. The molecule has 5 atom stereocenters. The standard InChI is InChI=1S/C15H23N3O/c16-13-4-2-1-3-11(13)15-17-14(18-19-15)12-8-9-5-6-10(12)7-9/h9-13H,1-8,16H2. The van der Waals surface area contributed by atoms with Crippen molar-refractivity contribution in [1.29, 1.82) is 0 Å². The highest BCUT2D eigenvalue weighted by Crippen LogP contribution is 2.52. The van der Waals surface area contributed by atoms with Crippen LogP contribution in [0, 0.1) is 11.8 Å². The van der Waals surface area contributed by atoms with Crippen LogP contribution < -0.4 is 5.73 Å². The summed E-state index contributed by atoms with van der Waals surface area (Å²) in [6.07, 6.45) is 10.1. The first-order valence-corrected chi connectivity index (χ1v) is 7.90. The number of fused-ring (bicyclic) bond motifs is 2. The lowest BCUT2D eigenvalue weighted by Crippen LogP contribution is -2.31. The minimum atomic E-state index is 0.210. The first-order chi connectivity index (χ1) is 9.31. The second-order valence-corrected chi connectivity index (χ2v) is 6.83. The summed E-state index contributed by atoms with van der Waals surface area (Å²) in [4.78, 5) is 4.73. The Morgan fingerprint density at radius 3 is 2.63 bits per heavy atom. The van der Waals surface area contributed by atoms with E-state index in [1.165, 1.54) is 38.5 Å². The van der Waals surface area contributed by atoms with Crippen molar-refractivity contribution in [1.82, 2.24) is 10.1 Å². The molecule has 0 spiro atoms. The van der Waals surface area contributed by atoms with Crippen molar-refractivity contribution in [2.75, 3.05) is 0 Å². The number of aromatic nitrogens is 2. The van der Waals surface area contributed by atoms with E-state index < -0.39 is 0 Å². The Balaban J connectivity index is 1.53. The van der Waals surface area contributed by atoms with Gasteiger partial charge in [0, 0.05) is 12.0 Å². The zero-order valence-electron chi connectivity index (χ0n) is 11.4. The molecule has 4 rings (SSSR count). The summed E-state index contributed by atoms with van der Waals surface area (Å²) in [5, 5.41) is 4.28. The SMILES string of the molecule is NC1CCCCC1c1nc(C2CC3CCC2C3)no1. The van der Waals surface area contributed by atoms with Gasteiger partial charge < -0.3 is 10.3 Å². The molecule has 3 aliphatic carbocycles. The van der Waals surface area contributed by atoms with E-state index in [1.54, 1.807) is 0 Å². The van der Waals surface area contributed by atoms with Crippen LogP contribution in [0.25, 0.3) is 0 Å². The van der Waals surface area contributed by atoms with E-state index in [-0.39, 0.29) is 6.04 Å². The summed E-state index contributed by atoms with van der Waals surface area (Å²) in [6.45, 7) is 0. The van der Waals surface area contributed by atoms with Gasteiger partial charge in [0.1, 0.15) is 0 Å². The Bertz CT molecular complexity index is 441. The summed E-state index contributed by atoms with van der Waals surface area (Å²) in [6, 6.07) is 0.210. The summed E-state index contributed by atoms with van der Waals surface area (Å²) < 4.78 is 5.55. The first kappa shape index (κ1) is 11.9. The molecule has 1 aromatic rings. The fourth-order valence-corrected chi connectivity index (χ4v) is 4.58. The van der Waals surface area contributed by atoms with Gasteiger partial charge in [0.15, 0.2) is 5.82 Å². The Morgan fingerprint density at radius 1 is 1.00 bits per heavy atom. The third-order valence-electron chi connectivity index (χ3n) is 5.66. The van der Waals surface area contributed by atoms with Gasteiger partial charge >= 0.3 is 0 Å². The lowest BCUT2D eigenvalue weighted by atomic mass is 9.85. The third kappa shape index (κ3) is 2.00. The number of hydrogen-bond acceptors (Lipinski definition) is 4. The topological polar surface area (TPSA) is 64.9 Å². The third-order valence-corrected chi connectivity index (χ3v) is 5.66. The van der Waals surface area contributed by atoms with Crippen molar-refractivity contribution in [2.24, 2.45) is 17.6 Å². The molecule has 2 N–H and O–H groups in total. The zero-order valence-corrected chi connectivity index (χ0v) is 11.4. The van der Waals surface area contributed by atoms with Crippen LogP contribution in [0.2, 0.25) is 0 Å². The molecule has 4 heteroatoms. The number of rotatable bonds is 2. The van der Waals surface area contributed by atoms with Gasteiger partial charge in [-0.2, -0.15) is 4.98 Å². The molecule has 1 heterocycles. The van der Waals surface area contributed by atoms with E-state index in [9.17, 15) is 0 Å². The normalized spacial score (nSPS) is 41.8. The summed E-state index contributed by atoms with van der Waals surface area (Å²) >= 11 is 0. The molecule has 5 unspecified atom stereocenters. The average molecular weight is 261 g/mol. The van der Waals surface area contributed by atoms with Gasteiger partial charge in [-0.15, -0.1) is 0 Å². The molecule has 0 aromatic carbocycles. The quantitative estimate of drug-likeness (QED) is 0.889. The first-order valence-electron chi connectivity index (χ1n) is 7.90. The Labute approximate surface area is 114 Å². The molecule has 0 amide bonds. The van der Waals surface area contributed by atoms with E-state index in [4.69, 9.17) is 15.2 Å². The van der Waals surface area contributed by atoms with Crippen LogP contribution in [0.4, 0.5) is 0 Å². The van der Waals surface area contributed by atoms with Gasteiger partial charge in [0.2, 0.25) is 5.89 Å². The van der Waals surface area contributed by atoms with Crippen LogP contribution in [0.15, 0.2) is 4.52 Å². The van der Waals surface area contributed by atoms with Crippen molar-refractivity contribution >= 4 is 0 Å². The van der Waals surface area contributed by atoms with Crippen molar-refractivity contribution in [3.8, 4) is 0 Å². The smallest absolute Gasteiger partial charge is 0.231 e. The largest absolute Gasteiger partial charge is 0.339 e. The molecule has 0 radical (unpaired) electrons. The maximum absolute atomic E-state index is 6.21. The highest BCUT2D eigenvalue weighted by atomic mass is 16.5.